The topological polar surface area (TPSA) is 99.6 Å². The number of amides is 1. The van der Waals surface area contributed by atoms with Crippen LogP contribution in [0.3, 0.4) is 0 Å². The first-order valence-corrected chi connectivity index (χ1v) is 11.2. The molecular formula is C23H23N3O5S. The normalized spacial score (nSPS) is 15.8. The van der Waals surface area contributed by atoms with Crippen LogP contribution in [0.2, 0.25) is 0 Å². The molecule has 1 aliphatic heterocycles. The van der Waals surface area contributed by atoms with Crippen LogP contribution in [0.15, 0.2) is 48.9 Å². The summed E-state index contributed by atoms with van der Waals surface area (Å²) in [4.78, 5) is 32.7. The average Bonchev–Trinajstić information content (AvgIpc) is 3.28. The second-order valence-electron chi connectivity index (χ2n) is 7.24. The van der Waals surface area contributed by atoms with Crippen LogP contribution in [0, 0.1) is 0 Å². The van der Waals surface area contributed by atoms with E-state index in [0.29, 0.717) is 15.8 Å². The van der Waals surface area contributed by atoms with Gasteiger partial charge in [0.25, 0.3) is 11.1 Å². The number of hydrogen-bond donors (Lipinski definition) is 1. The van der Waals surface area contributed by atoms with Crippen LogP contribution in [-0.4, -0.2) is 34.5 Å². The highest BCUT2D eigenvalue weighted by Gasteiger charge is 2.23. The third-order valence-corrected chi connectivity index (χ3v) is 5.81. The second kappa shape index (κ2) is 9.78. The van der Waals surface area contributed by atoms with Gasteiger partial charge in [0.1, 0.15) is 28.5 Å². The summed E-state index contributed by atoms with van der Waals surface area (Å²) >= 11 is 1.10. The van der Waals surface area contributed by atoms with Gasteiger partial charge in [-0.05, 0) is 56.5 Å². The minimum absolute atomic E-state index is 0.0139. The Morgan fingerprint density at radius 1 is 1.31 bits per heavy atom. The summed E-state index contributed by atoms with van der Waals surface area (Å²) in [6.07, 6.45) is 6.69. The molecule has 0 saturated heterocycles. The van der Waals surface area contributed by atoms with Crippen molar-refractivity contribution in [1.29, 1.82) is 0 Å². The van der Waals surface area contributed by atoms with Gasteiger partial charge >= 0.3 is 5.97 Å². The molecule has 1 aromatic carbocycles. The number of nitrogens with zero attached hydrogens (tertiary/aromatic N) is 2. The SMILES string of the molecule is CCOC(=O)[C@H](C)NC(=O)c1cnc(Oc2ccc3c(c2)CCC(c2cccnc2)O3)s1. The maximum atomic E-state index is 12.3. The summed E-state index contributed by atoms with van der Waals surface area (Å²) in [7, 11) is 0. The van der Waals surface area contributed by atoms with E-state index in [0.717, 1.165) is 41.1 Å². The molecule has 2 aromatic heterocycles. The minimum atomic E-state index is -0.745. The summed E-state index contributed by atoms with van der Waals surface area (Å²) < 4.78 is 16.9. The first kappa shape index (κ1) is 21.8. The number of rotatable bonds is 7. The number of benzene rings is 1. The number of nitrogens with one attached hydrogen (secondary N) is 1. The van der Waals surface area contributed by atoms with Crippen molar-refractivity contribution >= 4 is 23.2 Å². The van der Waals surface area contributed by atoms with Crippen molar-refractivity contribution in [2.75, 3.05) is 6.61 Å². The zero-order valence-corrected chi connectivity index (χ0v) is 18.6. The molecule has 0 saturated carbocycles. The molecule has 0 spiro atoms. The molecule has 166 valence electrons. The Morgan fingerprint density at radius 3 is 2.97 bits per heavy atom. The lowest BCUT2D eigenvalue weighted by atomic mass is 9.98. The molecule has 1 N–H and O–H groups in total. The summed E-state index contributed by atoms with van der Waals surface area (Å²) in [5.41, 5.74) is 2.12. The summed E-state index contributed by atoms with van der Waals surface area (Å²) in [6, 6.07) is 8.81. The molecule has 8 nitrogen and oxygen atoms in total. The predicted molar refractivity (Wildman–Crippen MR) is 118 cm³/mol. The molecule has 0 radical (unpaired) electrons. The fourth-order valence-corrected chi connectivity index (χ4v) is 4.02. The Bertz CT molecular complexity index is 1100. The van der Waals surface area contributed by atoms with Crippen LogP contribution in [0.4, 0.5) is 0 Å². The van der Waals surface area contributed by atoms with E-state index in [9.17, 15) is 9.59 Å². The standard InChI is InChI=1S/C23H23N3O5S/c1-3-29-22(28)14(2)26-21(27)20-13-25-23(32-20)30-17-7-9-18-15(11-17)6-8-19(31-18)16-5-4-10-24-12-16/h4-5,7,9-14,19H,3,6,8H2,1-2H3,(H,26,27)/t14-,19?/m0/s1. The van der Waals surface area contributed by atoms with E-state index in [-0.39, 0.29) is 12.7 Å². The van der Waals surface area contributed by atoms with Crippen molar-refractivity contribution in [2.24, 2.45) is 0 Å². The number of aryl methyl sites for hydroxylation is 1. The van der Waals surface area contributed by atoms with Crippen LogP contribution >= 0.6 is 11.3 Å². The van der Waals surface area contributed by atoms with Gasteiger partial charge in [0.15, 0.2) is 0 Å². The molecule has 1 unspecified atom stereocenters. The quantitative estimate of drug-likeness (QED) is 0.538. The molecule has 0 aliphatic carbocycles. The molecule has 3 heterocycles. The summed E-state index contributed by atoms with van der Waals surface area (Å²) in [5.74, 6) is 0.556. The Kier molecular flexibility index (Phi) is 6.65. The highest BCUT2D eigenvalue weighted by atomic mass is 32.1. The van der Waals surface area contributed by atoms with Gasteiger partial charge in [-0.15, -0.1) is 0 Å². The fourth-order valence-electron chi connectivity index (χ4n) is 3.33. The smallest absolute Gasteiger partial charge is 0.328 e. The number of fused-ring (bicyclic) bond motifs is 1. The molecule has 3 aromatic rings. The molecule has 32 heavy (non-hydrogen) atoms. The van der Waals surface area contributed by atoms with E-state index < -0.39 is 17.9 Å². The predicted octanol–water partition coefficient (Wildman–Crippen LogP) is 4.08. The van der Waals surface area contributed by atoms with Gasteiger partial charge in [0.05, 0.1) is 12.8 Å². The number of carbonyl (C=O) groups is 2. The maximum Gasteiger partial charge on any atom is 0.328 e. The Labute approximate surface area is 189 Å². The van der Waals surface area contributed by atoms with Crippen molar-refractivity contribution in [3.8, 4) is 16.7 Å². The molecule has 1 amide bonds. The molecule has 0 fully saturated rings. The summed E-state index contributed by atoms with van der Waals surface area (Å²) in [6.45, 7) is 3.54. The fraction of sp³-hybridized carbons (Fsp3) is 0.304. The van der Waals surface area contributed by atoms with E-state index >= 15 is 0 Å². The highest BCUT2D eigenvalue weighted by Crippen LogP contribution is 2.37. The average molecular weight is 454 g/mol. The largest absolute Gasteiger partial charge is 0.485 e. The third kappa shape index (κ3) is 5.05. The van der Waals surface area contributed by atoms with Gasteiger partial charge in [-0.2, -0.15) is 0 Å². The van der Waals surface area contributed by atoms with Crippen LogP contribution < -0.4 is 14.8 Å². The Balaban J connectivity index is 1.38. The third-order valence-electron chi connectivity index (χ3n) is 4.93. The molecule has 0 bridgehead atoms. The first-order chi connectivity index (χ1) is 15.5. The lowest BCUT2D eigenvalue weighted by Gasteiger charge is -2.26. The van der Waals surface area contributed by atoms with E-state index in [1.54, 1.807) is 20.0 Å². The van der Waals surface area contributed by atoms with Crippen molar-refractivity contribution in [3.05, 3.63) is 64.9 Å². The zero-order valence-electron chi connectivity index (χ0n) is 17.7. The van der Waals surface area contributed by atoms with Crippen LogP contribution in [-0.2, 0) is 16.0 Å². The Morgan fingerprint density at radius 2 is 2.19 bits per heavy atom. The number of esters is 1. The first-order valence-electron chi connectivity index (χ1n) is 10.3. The molecule has 1 aliphatic rings. The van der Waals surface area contributed by atoms with E-state index in [1.807, 2.05) is 36.5 Å². The van der Waals surface area contributed by atoms with Crippen LogP contribution in [0.5, 0.6) is 16.7 Å². The van der Waals surface area contributed by atoms with Gasteiger partial charge < -0.3 is 19.5 Å². The maximum absolute atomic E-state index is 12.3. The number of hydrogen-bond acceptors (Lipinski definition) is 8. The van der Waals surface area contributed by atoms with E-state index in [2.05, 4.69) is 15.3 Å². The number of pyridine rings is 1. The minimum Gasteiger partial charge on any atom is -0.485 e. The van der Waals surface area contributed by atoms with Crippen molar-refractivity contribution in [2.45, 2.75) is 38.8 Å². The lowest BCUT2D eigenvalue weighted by Crippen LogP contribution is -2.39. The number of carbonyl (C=O) groups excluding carboxylic acids is 2. The molecule has 9 heteroatoms. The molecule has 4 rings (SSSR count). The van der Waals surface area contributed by atoms with Crippen molar-refractivity contribution in [1.82, 2.24) is 15.3 Å². The van der Waals surface area contributed by atoms with Gasteiger partial charge in [-0.1, -0.05) is 17.4 Å². The van der Waals surface area contributed by atoms with Gasteiger partial charge in [0, 0.05) is 18.0 Å². The van der Waals surface area contributed by atoms with E-state index in [1.165, 1.54) is 6.20 Å². The number of thiazole rings is 1. The number of aromatic nitrogens is 2. The number of ether oxygens (including phenoxy) is 3. The van der Waals surface area contributed by atoms with Gasteiger partial charge in [-0.25, -0.2) is 9.78 Å². The summed E-state index contributed by atoms with van der Waals surface area (Å²) in [5, 5.41) is 2.93. The van der Waals surface area contributed by atoms with Gasteiger partial charge in [0.2, 0.25) is 0 Å². The highest BCUT2D eigenvalue weighted by molar-refractivity contribution is 7.15. The van der Waals surface area contributed by atoms with Crippen LogP contribution in [0.25, 0.3) is 0 Å². The van der Waals surface area contributed by atoms with Crippen molar-refractivity contribution < 1.29 is 23.8 Å². The Hall–Kier alpha value is -3.46. The molecular weight excluding hydrogens is 430 g/mol. The van der Waals surface area contributed by atoms with E-state index in [4.69, 9.17) is 14.2 Å². The zero-order chi connectivity index (χ0) is 22.5. The molecule has 2 atom stereocenters. The second-order valence-corrected chi connectivity index (χ2v) is 8.23. The van der Waals surface area contributed by atoms with Crippen LogP contribution in [0.1, 0.15) is 47.2 Å². The lowest BCUT2D eigenvalue weighted by molar-refractivity contribution is -0.144. The monoisotopic (exact) mass is 453 g/mol. The van der Waals surface area contributed by atoms with Gasteiger partial charge in [-0.3, -0.25) is 9.78 Å². The van der Waals surface area contributed by atoms with Crippen molar-refractivity contribution in [3.63, 3.8) is 0 Å².